The number of halogens is 1. The number of esters is 2. The minimum atomic E-state index is -0.941. The number of nitrogens with zero attached hydrogens (tertiary/aromatic N) is 3. The molecular weight excluding hydrogens is 618 g/mol. The molecule has 0 unspecified atom stereocenters. The van der Waals surface area contributed by atoms with Crippen LogP contribution in [0.1, 0.15) is 24.0 Å². The van der Waals surface area contributed by atoms with Crippen molar-refractivity contribution in [3.8, 4) is 28.3 Å². The molecule has 13 nitrogen and oxygen atoms in total. The summed E-state index contributed by atoms with van der Waals surface area (Å²) in [6.07, 6.45) is 1.02. The maximum Gasteiger partial charge on any atom is 0.308 e. The number of methoxy groups -OCH3 is 3. The number of carbonyl (C=O) groups is 2. The van der Waals surface area contributed by atoms with Crippen molar-refractivity contribution < 1.29 is 34.0 Å². The summed E-state index contributed by atoms with van der Waals surface area (Å²) in [5.74, 6) is -0.628. The van der Waals surface area contributed by atoms with Gasteiger partial charge in [0, 0.05) is 60.8 Å². The van der Waals surface area contributed by atoms with Gasteiger partial charge in [-0.3, -0.25) is 18.8 Å². The van der Waals surface area contributed by atoms with Gasteiger partial charge in [-0.1, -0.05) is 35.9 Å². The van der Waals surface area contributed by atoms with Crippen LogP contribution in [0.2, 0.25) is 5.02 Å². The summed E-state index contributed by atoms with van der Waals surface area (Å²) in [5, 5.41) is 26.4. The number of pyridine rings is 2. The maximum absolute atomic E-state index is 13.1. The number of benzene rings is 1. The van der Waals surface area contributed by atoms with Crippen molar-refractivity contribution in [3.05, 3.63) is 81.4 Å². The van der Waals surface area contributed by atoms with Gasteiger partial charge in [0.05, 0.1) is 57.1 Å². The van der Waals surface area contributed by atoms with Gasteiger partial charge in [-0.05, 0) is 23.8 Å². The highest BCUT2D eigenvalue weighted by molar-refractivity contribution is 6.36. The third-order valence-corrected chi connectivity index (χ3v) is 7.56. The summed E-state index contributed by atoms with van der Waals surface area (Å²) in [5.41, 5.74) is 4.02. The second kappa shape index (κ2) is 16.2. The van der Waals surface area contributed by atoms with Gasteiger partial charge in [0.2, 0.25) is 5.88 Å². The molecule has 4 rings (SSSR count). The van der Waals surface area contributed by atoms with Crippen molar-refractivity contribution in [1.82, 2.24) is 25.0 Å². The normalized spacial score (nSPS) is 12.5. The number of hydrogen-bond acceptors (Lipinski definition) is 12. The molecule has 0 amide bonds. The number of ether oxygens (including phenoxy) is 3. The highest BCUT2D eigenvalue weighted by atomic mass is 35.5. The van der Waals surface area contributed by atoms with Gasteiger partial charge in [-0.2, -0.15) is 0 Å². The fraction of sp³-hybridized carbons (Fsp3) is 0.344. The summed E-state index contributed by atoms with van der Waals surface area (Å²) in [7, 11) is 4.04. The van der Waals surface area contributed by atoms with Crippen LogP contribution < -0.4 is 20.9 Å². The smallest absolute Gasteiger partial charge is 0.308 e. The van der Waals surface area contributed by atoms with Crippen molar-refractivity contribution >= 4 is 29.2 Å². The van der Waals surface area contributed by atoms with E-state index in [2.05, 4.69) is 30.1 Å². The molecule has 0 aliphatic carbocycles. The Balaban J connectivity index is 1.49. The Morgan fingerprint density at radius 1 is 0.913 bits per heavy atom. The molecule has 0 saturated carbocycles. The van der Waals surface area contributed by atoms with Crippen LogP contribution in [-0.4, -0.2) is 83.1 Å². The summed E-state index contributed by atoms with van der Waals surface area (Å²) in [6.45, 7) is 0.793. The van der Waals surface area contributed by atoms with Crippen LogP contribution in [-0.2, 0) is 32.2 Å². The predicted molar refractivity (Wildman–Crippen MR) is 170 cm³/mol. The summed E-state index contributed by atoms with van der Waals surface area (Å²) < 4.78 is 16.1. The van der Waals surface area contributed by atoms with Gasteiger partial charge < -0.3 is 35.1 Å². The van der Waals surface area contributed by atoms with Crippen molar-refractivity contribution in [1.29, 1.82) is 0 Å². The molecule has 3 heterocycles. The van der Waals surface area contributed by atoms with Crippen LogP contribution in [0.25, 0.3) is 28.0 Å². The second-order valence-electron chi connectivity index (χ2n) is 10.4. The quantitative estimate of drug-likeness (QED) is 0.138. The Morgan fingerprint density at radius 2 is 1.54 bits per heavy atom. The summed E-state index contributed by atoms with van der Waals surface area (Å²) >= 11 is 6.91. The number of fused-ring (bicyclic) bond motifs is 1. The van der Waals surface area contributed by atoms with E-state index >= 15 is 0 Å². The summed E-state index contributed by atoms with van der Waals surface area (Å²) in [4.78, 5) is 44.9. The number of aromatic nitrogens is 3. The predicted octanol–water partition coefficient (Wildman–Crippen LogP) is 2.11. The van der Waals surface area contributed by atoms with Gasteiger partial charge in [0.25, 0.3) is 5.56 Å². The Bertz CT molecular complexity index is 1750. The monoisotopic (exact) mass is 653 g/mol. The van der Waals surface area contributed by atoms with E-state index in [0.717, 1.165) is 11.1 Å². The standard InChI is InChI=1S/C32H36ClN5O8/c1-44-28(41)12-22(39)17-34-14-20-7-8-26(37-31(20)46-3)25-6-4-5-24(30(25)33)19-9-10-38-27(11-19)36-16-21(32(38)43)15-35-18-23(40)13-29(42)45-2/h4-11,16,22-23,34-35,39-40H,12-15,17-18H2,1-3H3/t22-,23-/m0/s1. The molecule has 244 valence electrons. The highest BCUT2D eigenvalue weighted by Crippen LogP contribution is 2.36. The first-order valence-corrected chi connectivity index (χ1v) is 14.8. The highest BCUT2D eigenvalue weighted by Gasteiger charge is 2.16. The minimum absolute atomic E-state index is 0.105. The number of hydrogen-bond donors (Lipinski definition) is 4. The first-order valence-electron chi connectivity index (χ1n) is 14.4. The Hall–Kier alpha value is -4.40. The first kappa shape index (κ1) is 34.5. The second-order valence-corrected chi connectivity index (χ2v) is 10.8. The van der Waals surface area contributed by atoms with Gasteiger partial charge in [0.15, 0.2) is 0 Å². The van der Waals surface area contributed by atoms with Gasteiger partial charge >= 0.3 is 11.9 Å². The molecule has 4 aromatic rings. The molecule has 0 aliphatic rings. The van der Waals surface area contributed by atoms with Gasteiger partial charge in [-0.15, -0.1) is 0 Å². The van der Waals surface area contributed by atoms with Crippen molar-refractivity contribution in [2.75, 3.05) is 34.4 Å². The van der Waals surface area contributed by atoms with Crippen LogP contribution in [0.4, 0.5) is 0 Å². The zero-order valence-corrected chi connectivity index (χ0v) is 26.4. The minimum Gasteiger partial charge on any atom is -0.481 e. The van der Waals surface area contributed by atoms with Crippen LogP contribution in [0.5, 0.6) is 5.88 Å². The van der Waals surface area contributed by atoms with Crippen molar-refractivity contribution in [2.24, 2.45) is 0 Å². The summed E-state index contributed by atoms with van der Waals surface area (Å²) in [6, 6.07) is 12.8. The largest absolute Gasteiger partial charge is 0.481 e. The lowest BCUT2D eigenvalue weighted by molar-refractivity contribution is -0.143. The third-order valence-electron chi connectivity index (χ3n) is 7.15. The fourth-order valence-corrected chi connectivity index (χ4v) is 5.06. The van der Waals surface area contributed by atoms with Crippen molar-refractivity contribution in [2.45, 2.75) is 38.1 Å². The molecule has 0 radical (unpaired) electrons. The number of rotatable bonds is 15. The number of carbonyl (C=O) groups excluding carboxylic acids is 2. The molecule has 0 aliphatic heterocycles. The molecule has 0 bridgehead atoms. The Kier molecular flexibility index (Phi) is 12.2. The molecule has 1 aromatic carbocycles. The van der Waals surface area contributed by atoms with E-state index in [-0.39, 0.29) is 38.0 Å². The fourth-order valence-electron chi connectivity index (χ4n) is 4.73. The van der Waals surface area contributed by atoms with Crippen LogP contribution in [0.15, 0.2) is 59.7 Å². The van der Waals surface area contributed by atoms with E-state index in [4.69, 9.17) is 16.3 Å². The average molecular weight is 654 g/mol. The first-order chi connectivity index (χ1) is 22.1. The molecular formula is C32H36ClN5O8. The molecule has 0 saturated heterocycles. The van der Waals surface area contributed by atoms with E-state index in [1.54, 1.807) is 18.3 Å². The molecule has 3 aromatic heterocycles. The Morgan fingerprint density at radius 3 is 2.17 bits per heavy atom. The molecule has 4 N–H and O–H groups in total. The molecule has 14 heteroatoms. The number of aliphatic hydroxyl groups is 2. The lowest BCUT2D eigenvalue weighted by Crippen LogP contribution is -2.31. The number of aliphatic hydroxyl groups excluding tert-OH is 2. The Labute approximate surface area is 270 Å². The van der Waals surface area contributed by atoms with E-state index in [9.17, 15) is 24.6 Å². The van der Waals surface area contributed by atoms with E-state index in [1.165, 1.54) is 31.9 Å². The van der Waals surface area contributed by atoms with E-state index < -0.39 is 24.1 Å². The van der Waals surface area contributed by atoms with E-state index in [0.29, 0.717) is 45.5 Å². The number of nitrogens with one attached hydrogen (secondary N) is 2. The van der Waals surface area contributed by atoms with Gasteiger partial charge in [0.1, 0.15) is 5.65 Å². The topological polar surface area (TPSA) is 174 Å². The molecule has 46 heavy (non-hydrogen) atoms. The third kappa shape index (κ3) is 8.65. The SMILES string of the molecule is COC(=O)C[C@H](O)CNCc1ccc(-c2cccc(-c3ccn4c(=O)c(CNC[C@@H](O)CC(=O)OC)cnc4c3)c2Cl)nc1OC. The zero-order valence-electron chi connectivity index (χ0n) is 25.7. The van der Waals surface area contributed by atoms with Crippen LogP contribution in [0, 0.1) is 0 Å². The molecule has 0 fully saturated rings. The average Bonchev–Trinajstić information content (AvgIpc) is 3.05. The van der Waals surface area contributed by atoms with Gasteiger partial charge in [-0.25, -0.2) is 9.97 Å². The lowest BCUT2D eigenvalue weighted by atomic mass is 10.0. The van der Waals surface area contributed by atoms with E-state index in [1.807, 2.05) is 30.3 Å². The molecule has 0 spiro atoms. The lowest BCUT2D eigenvalue weighted by Gasteiger charge is -2.14. The van der Waals surface area contributed by atoms with Crippen LogP contribution in [0.3, 0.4) is 0 Å². The maximum atomic E-state index is 13.1. The van der Waals surface area contributed by atoms with Crippen molar-refractivity contribution in [3.63, 3.8) is 0 Å². The van der Waals surface area contributed by atoms with Crippen LogP contribution >= 0.6 is 11.6 Å². The zero-order chi connectivity index (χ0) is 33.2. The molecule has 2 atom stereocenters.